The average Bonchev–Trinajstić information content (AvgIpc) is 3.04. The largest absolute Gasteiger partial charge is 0.495 e. The van der Waals surface area contributed by atoms with Crippen LogP contribution in [0.2, 0.25) is 0 Å². The van der Waals surface area contributed by atoms with Gasteiger partial charge in [0.2, 0.25) is 0 Å². The van der Waals surface area contributed by atoms with Crippen LogP contribution < -0.4 is 10.5 Å². The van der Waals surface area contributed by atoms with E-state index in [0.717, 1.165) is 17.8 Å². The molecule has 21 heavy (non-hydrogen) atoms. The molecule has 3 rings (SSSR count). The summed E-state index contributed by atoms with van der Waals surface area (Å²) in [4.78, 5) is 0. The zero-order valence-corrected chi connectivity index (χ0v) is 12.7. The molecule has 6 nitrogen and oxygen atoms in total. The van der Waals surface area contributed by atoms with Crippen molar-refractivity contribution in [1.82, 2.24) is 20.2 Å². The number of hydrogen-bond donors (Lipinski definition) is 1. The van der Waals surface area contributed by atoms with Gasteiger partial charge >= 0.3 is 0 Å². The van der Waals surface area contributed by atoms with Crippen LogP contribution in [0.4, 0.5) is 5.69 Å². The van der Waals surface area contributed by atoms with Crippen molar-refractivity contribution in [3.63, 3.8) is 0 Å². The Morgan fingerprint density at radius 2 is 2.19 bits per heavy atom. The molecular formula is C15H21N5O. The van der Waals surface area contributed by atoms with E-state index in [1.807, 2.05) is 22.9 Å². The standard InChI is InChI=1S/C15H21N5O/c1-15(2)8-4-5-13(15)20-14(17-18-19-20)10-6-7-12(21-3)11(16)9-10/h6-7,9,13H,4-5,8,16H2,1-3H3. The van der Waals surface area contributed by atoms with Crippen molar-refractivity contribution in [2.24, 2.45) is 5.41 Å². The van der Waals surface area contributed by atoms with Crippen molar-refractivity contribution < 1.29 is 4.74 Å². The maximum Gasteiger partial charge on any atom is 0.182 e. The maximum atomic E-state index is 5.99. The Bertz CT molecular complexity index is 649. The van der Waals surface area contributed by atoms with Gasteiger partial charge in [-0.05, 0) is 46.9 Å². The lowest BCUT2D eigenvalue weighted by Crippen LogP contribution is -2.23. The SMILES string of the molecule is COc1ccc(-c2nnnn2C2CCCC2(C)C)cc1N. The van der Waals surface area contributed by atoms with Crippen LogP contribution in [-0.2, 0) is 0 Å². The van der Waals surface area contributed by atoms with Gasteiger partial charge in [0.25, 0.3) is 0 Å². The lowest BCUT2D eigenvalue weighted by Gasteiger charge is -2.27. The van der Waals surface area contributed by atoms with Gasteiger partial charge in [0.15, 0.2) is 5.82 Å². The fourth-order valence-electron chi connectivity index (χ4n) is 3.23. The number of hydrogen-bond acceptors (Lipinski definition) is 5. The smallest absolute Gasteiger partial charge is 0.182 e. The van der Waals surface area contributed by atoms with E-state index < -0.39 is 0 Å². The average molecular weight is 287 g/mol. The molecular weight excluding hydrogens is 266 g/mol. The molecule has 1 aliphatic carbocycles. The summed E-state index contributed by atoms with van der Waals surface area (Å²) in [5.41, 5.74) is 7.71. The first-order chi connectivity index (χ1) is 10.0. The van der Waals surface area contributed by atoms with Crippen molar-refractivity contribution in [1.29, 1.82) is 0 Å². The van der Waals surface area contributed by atoms with Gasteiger partial charge in [0.05, 0.1) is 18.8 Å². The van der Waals surface area contributed by atoms with Gasteiger partial charge in [-0.1, -0.05) is 20.3 Å². The Hall–Kier alpha value is -2.11. The normalized spacial score (nSPS) is 20.6. The van der Waals surface area contributed by atoms with Crippen LogP contribution in [-0.4, -0.2) is 27.3 Å². The third-order valence-electron chi connectivity index (χ3n) is 4.48. The summed E-state index contributed by atoms with van der Waals surface area (Å²) in [6.45, 7) is 4.55. The van der Waals surface area contributed by atoms with Gasteiger partial charge in [-0.2, -0.15) is 0 Å². The number of aromatic nitrogens is 4. The fourth-order valence-corrected chi connectivity index (χ4v) is 3.23. The van der Waals surface area contributed by atoms with Crippen LogP contribution in [0.15, 0.2) is 18.2 Å². The number of ether oxygens (including phenoxy) is 1. The Kier molecular flexibility index (Phi) is 3.31. The van der Waals surface area contributed by atoms with E-state index in [2.05, 4.69) is 29.4 Å². The van der Waals surface area contributed by atoms with E-state index in [-0.39, 0.29) is 5.41 Å². The molecule has 0 amide bonds. The summed E-state index contributed by atoms with van der Waals surface area (Å²) in [6, 6.07) is 5.98. The summed E-state index contributed by atoms with van der Waals surface area (Å²) in [6.07, 6.45) is 3.51. The quantitative estimate of drug-likeness (QED) is 0.878. The minimum atomic E-state index is 0.210. The molecule has 112 valence electrons. The van der Waals surface area contributed by atoms with E-state index in [1.54, 1.807) is 7.11 Å². The molecule has 0 radical (unpaired) electrons. The highest BCUT2D eigenvalue weighted by Gasteiger charge is 2.38. The first-order valence-corrected chi connectivity index (χ1v) is 7.24. The summed E-state index contributed by atoms with van der Waals surface area (Å²) < 4.78 is 7.15. The number of methoxy groups -OCH3 is 1. The summed E-state index contributed by atoms with van der Waals surface area (Å²) in [5, 5.41) is 12.3. The van der Waals surface area contributed by atoms with Gasteiger partial charge < -0.3 is 10.5 Å². The highest BCUT2D eigenvalue weighted by atomic mass is 16.5. The molecule has 0 bridgehead atoms. The number of rotatable bonds is 3. The highest BCUT2D eigenvalue weighted by molar-refractivity contribution is 5.66. The van der Waals surface area contributed by atoms with E-state index >= 15 is 0 Å². The summed E-state index contributed by atoms with van der Waals surface area (Å²) in [7, 11) is 1.61. The minimum Gasteiger partial charge on any atom is -0.495 e. The Morgan fingerprint density at radius 3 is 2.81 bits per heavy atom. The molecule has 1 unspecified atom stereocenters. The van der Waals surface area contributed by atoms with Crippen molar-refractivity contribution in [2.75, 3.05) is 12.8 Å². The van der Waals surface area contributed by atoms with E-state index in [1.165, 1.54) is 12.8 Å². The van der Waals surface area contributed by atoms with Crippen LogP contribution in [0.1, 0.15) is 39.2 Å². The third-order valence-corrected chi connectivity index (χ3v) is 4.48. The monoisotopic (exact) mass is 287 g/mol. The molecule has 1 aliphatic rings. The second-order valence-corrected chi connectivity index (χ2v) is 6.30. The number of nitrogen functional groups attached to an aromatic ring is 1. The van der Waals surface area contributed by atoms with Crippen LogP contribution in [0.5, 0.6) is 5.75 Å². The molecule has 1 fully saturated rings. The Morgan fingerprint density at radius 1 is 1.38 bits per heavy atom. The predicted octanol–water partition coefficient (Wildman–Crippen LogP) is 2.68. The molecule has 2 aromatic rings. The topological polar surface area (TPSA) is 78.9 Å². The van der Waals surface area contributed by atoms with Gasteiger partial charge in [0.1, 0.15) is 5.75 Å². The second kappa shape index (κ2) is 5.02. The molecule has 1 heterocycles. The third kappa shape index (κ3) is 2.34. The first kappa shape index (κ1) is 13.9. The van der Waals surface area contributed by atoms with Gasteiger partial charge in [-0.15, -0.1) is 5.10 Å². The van der Waals surface area contributed by atoms with E-state index in [4.69, 9.17) is 10.5 Å². The van der Waals surface area contributed by atoms with Crippen LogP contribution in [0.3, 0.4) is 0 Å². The van der Waals surface area contributed by atoms with Crippen LogP contribution in [0.25, 0.3) is 11.4 Å². The lowest BCUT2D eigenvalue weighted by atomic mass is 9.87. The van der Waals surface area contributed by atoms with E-state index in [9.17, 15) is 0 Å². The fraction of sp³-hybridized carbons (Fsp3) is 0.533. The van der Waals surface area contributed by atoms with Crippen LogP contribution >= 0.6 is 0 Å². The van der Waals surface area contributed by atoms with Crippen molar-refractivity contribution in [3.05, 3.63) is 18.2 Å². The molecule has 0 aliphatic heterocycles. The molecule has 1 saturated carbocycles. The molecule has 0 saturated heterocycles. The predicted molar refractivity (Wildman–Crippen MR) is 80.9 cm³/mol. The number of nitrogens with two attached hydrogens (primary N) is 1. The second-order valence-electron chi connectivity index (χ2n) is 6.30. The van der Waals surface area contributed by atoms with Crippen molar-refractivity contribution in [3.8, 4) is 17.1 Å². The van der Waals surface area contributed by atoms with Gasteiger partial charge in [-0.3, -0.25) is 0 Å². The Balaban J connectivity index is 2.01. The van der Waals surface area contributed by atoms with Gasteiger partial charge in [0, 0.05) is 5.56 Å². The summed E-state index contributed by atoms with van der Waals surface area (Å²) >= 11 is 0. The van der Waals surface area contributed by atoms with Gasteiger partial charge in [-0.25, -0.2) is 4.68 Å². The molecule has 0 spiro atoms. The lowest BCUT2D eigenvalue weighted by molar-refractivity contribution is 0.242. The minimum absolute atomic E-state index is 0.210. The molecule has 2 N–H and O–H groups in total. The summed E-state index contributed by atoms with van der Waals surface area (Å²) in [5.74, 6) is 1.43. The molecule has 1 atom stereocenters. The molecule has 1 aromatic carbocycles. The Labute approximate surface area is 124 Å². The molecule has 1 aromatic heterocycles. The zero-order chi connectivity index (χ0) is 15.0. The number of anilines is 1. The number of nitrogens with zero attached hydrogens (tertiary/aromatic N) is 4. The van der Waals surface area contributed by atoms with Crippen LogP contribution in [0, 0.1) is 5.41 Å². The highest BCUT2D eigenvalue weighted by Crippen LogP contribution is 2.46. The zero-order valence-electron chi connectivity index (χ0n) is 12.7. The molecule has 6 heteroatoms. The first-order valence-electron chi connectivity index (χ1n) is 7.24. The number of tetrazole rings is 1. The van der Waals surface area contributed by atoms with E-state index in [0.29, 0.717) is 17.5 Å². The van der Waals surface area contributed by atoms with Crippen molar-refractivity contribution >= 4 is 5.69 Å². The van der Waals surface area contributed by atoms with Crippen molar-refractivity contribution in [2.45, 2.75) is 39.2 Å². The number of benzene rings is 1. The maximum absolute atomic E-state index is 5.99.